The summed E-state index contributed by atoms with van der Waals surface area (Å²) in [5.74, 6) is -0.144. The quantitative estimate of drug-likeness (QED) is 0.572. The van der Waals surface area contributed by atoms with Crippen LogP contribution >= 0.6 is 0 Å². The number of hydrogen-bond donors (Lipinski definition) is 3. The summed E-state index contributed by atoms with van der Waals surface area (Å²) >= 11 is 0. The van der Waals surface area contributed by atoms with Gasteiger partial charge in [-0.1, -0.05) is 0 Å². The highest BCUT2D eigenvalue weighted by atomic mass is 16.4. The molecule has 3 rings (SSSR count). The lowest BCUT2D eigenvalue weighted by Crippen LogP contribution is -2.44. The van der Waals surface area contributed by atoms with Crippen LogP contribution in [0.1, 0.15) is 12.8 Å². The number of hydrogen-bond acceptors (Lipinski definition) is 3. The Bertz CT molecular complexity index is 409. The van der Waals surface area contributed by atoms with Crippen LogP contribution in [0.5, 0.6) is 0 Å². The standard InChI is InChI=1S/C11H15N3O4/c15-9(5-1-2-5)12-13-10(16)8-6-3-14(11(17)18)4-7(6)8/h5-8H,1-4H2,(H,12,15)(H,13,16)(H,17,18)/t6-,7+,8+. The van der Waals surface area contributed by atoms with Gasteiger partial charge in [0, 0.05) is 24.9 Å². The fraction of sp³-hybridized carbons (Fsp3) is 0.727. The molecule has 0 spiro atoms. The van der Waals surface area contributed by atoms with Crippen LogP contribution < -0.4 is 10.9 Å². The summed E-state index contributed by atoms with van der Waals surface area (Å²) in [6, 6.07) is 0. The topological polar surface area (TPSA) is 98.7 Å². The third kappa shape index (κ3) is 1.89. The number of piperidine rings is 1. The number of carbonyl (C=O) groups is 3. The van der Waals surface area contributed by atoms with Gasteiger partial charge in [0.2, 0.25) is 11.8 Å². The van der Waals surface area contributed by atoms with E-state index in [1.54, 1.807) is 0 Å². The Labute approximate surface area is 103 Å². The number of fused-ring (bicyclic) bond motifs is 1. The predicted molar refractivity (Wildman–Crippen MR) is 59.1 cm³/mol. The molecule has 0 aromatic heterocycles. The molecule has 0 unspecified atom stereocenters. The summed E-state index contributed by atoms with van der Waals surface area (Å²) in [7, 11) is 0. The van der Waals surface area contributed by atoms with Gasteiger partial charge in [-0.25, -0.2) is 4.79 Å². The van der Waals surface area contributed by atoms with E-state index in [1.165, 1.54) is 4.90 Å². The molecule has 3 N–H and O–H groups in total. The Morgan fingerprint density at radius 1 is 1.00 bits per heavy atom. The zero-order valence-corrected chi connectivity index (χ0v) is 9.76. The van der Waals surface area contributed by atoms with Gasteiger partial charge in [-0.3, -0.25) is 20.4 Å². The van der Waals surface area contributed by atoms with Gasteiger partial charge in [0.05, 0.1) is 0 Å². The van der Waals surface area contributed by atoms with Crippen LogP contribution in [-0.4, -0.2) is 41.0 Å². The molecule has 2 saturated carbocycles. The molecule has 3 aliphatic rings. The van der Waals surface area contributed by atoms with Crippen molar-refractivity contribution in [3.05, 3.63) is 0 Å². The lowest BCUT2D eigenvalue weighted by molar-refractivity contribution is -0.130. The van der Waals surface area contributed by atoms with E-state index in [4.69, 9.17) is 5.11 Å². The number of nitrogens with one attached hydrogen (secondary N) is 2. The maximum absolute atomic E-state index is 11.8. The van der Waals surface area contributed by atoms with Gasteiger partial charge in [-0.15, -0.1) is 0 Å². The molecule has 7 nitrogen and oxygen atoms in total. The minimum Gasteiger partial charge on any atom is -0.465 e. The molecule has 1 aliphatic heterocycles. The summed E-state index contributed by atoms with van der Waals surface area (Å²) in [6.07, 6.45) is 0.858. The van der Waals surface area contributed by atoms with Crippen molar-refractivity contribution < 1.29 is 19.5 Å². The summed E-state index contributed by atoms with van der Waals surface area (Å²) < 4.78 is 0. The highest BCUT2D eigenvalue weighted by Crippen LogP contribution is 2.51. The van der Waals surface area contributed by atoms with Gasteiger partial charge in [-0.2, -0.15) is 0 Å². The monoisotopic (exact) mass is 253 g/mol. The first-order valence-electron chi connectivity index (χ1n) is 6.15. The fourth-order valence-electron chi connectivity index (χ4n) is 2.73. The van der Waals surface area contributed by atoms with Gasteiger partial charge < -0.3 is 10.0 Å². The van der Waals surface area contributed by atoms with Crippen LogP contribution in [0, 0.1) is 23.7 Å². The van der Waals surface area contributed by atoms with Crippen LogP contribution in [0.2, 0.25) is 0 Å². The van der Waals surface area contributed by atoms with E-state index in [0.717, 1.165) is 12.8 Å². The number of nitrogens with zero attached hydrogens (tertiary/aromatic N) is 1. The number of carbonyl (C=O) groups excluding carboxylic acids is 2. The van der Waals surface area contributed by atoms with Crippen molar-refractivity contribution in [2.45, 2.75) is 12.8 Å². The van der Waals surface area contributed by atoms with Crippen molar-refractivity contribution in [2.75, 3.05) is 13.1 Å². The van der Waals surface area contributed by atoms with E-state index in [0.29, 0.717) is 13.1 Å². The SMILES string of the molecule is O=C(NNC(=O)[C@H]1[C@@H]2CN(C(=O)O)C[C@@H]21)C1CC1. The summed E-state index contributed by atoms with van der Waals surface area (Å²) in [5.41, 5.74) is 4.85. The number of amides is 3. The second-order valence-electron chi connectivity index (χ2n) is 5.29. The molecule has 3 amide bonds. The van der Waals surface area contributed by atoms with Crippen LogP contribution in [0.25, 0.3) is 0 Å². The third-order valence-corrected chi connectivity index (χ3v) is 4.02. The van der Waals surface area contributed by atoms with Crippen molar-refractivity contribution in [3.8, 4) is 0 Å². The van der Waals surface area contributed by atoms with Crippen molar-refractivity contribution in [1.29, 1.82) is 0 Å². The zero-order chi connectivity index (χ0) is 12.9. The first-order chi connectivity index (χ1) is 8.58. The van der Waals surface area contributed by atoms with E-state index in [2.05, 4.69) is 10.9 Å². The first-order valence-corrected chi connectivity index (χ1v) is 6.15. The van der Waals surface area contributed by atoms with Crippen LogP contribution in [0.4, 0.5) is 4.79 Å². The Kier molecular flexibility index (Phi) is 2.42. The van der Waals surface area contributed by atoms with Gasteiger partial charge >= 0.3 is 6.09 Å². The maximum atomic E-state index is 11.8. The molecule has 0 radical (unpaired) electrons. The fourth-order valence-corrected chi connectivity index (χ4v) is 2.73. The van der Waals surface area contributed by atoms with Gasteiger partial charge in [0.25, 0.3) is 0 Å². The normalized spacial score (nSPS) is 32.7. The van der Waals surface area contributed by atoms with Gasteiger partial charge in [-0.05, 0) is 24.7 Å². The molecule has 3 fully saturated rings. The molecule has 0 aromatic rings. The minimum absolute atomic E-state index is 0.0616. The largest absolute Gasteiger partial charge is 0.465 e. The van der Waals surface area contributed by atoms with Crippen LogP contribution in [-0.2, 0) is 9.59 Å². The molecular weight excluding hydrogens is 238 g/mol. The highest BCUT2D eigenvalue weighted by molar-refractivity contribution is 5.87. The van der Waals surface area contributed by atoms with E-state index in [9.17, 15) is 14.4 Å². The number of hydrazine groups is 1. The zero-order valence-electron chi connectivity index (χ0n) is 9.76. The molecule has 2 aliphatic carbocycles. The molecule has 98 valence electrons. The average molecular weight is 253 g/mol. The second-order valence-corrected chi connectivity index (χ2v) is 5.29. The number of likely N-dealkylation sites (tertiary alicyclic amines) is 1. The maximum Gasteiger partial charge on any atom is 0.407 e. The van der Waals surface area contributed by atoms with Crippen molar-refractivity contribution >= 4 is 17.9 Å². The lowest BCUT2D eigenvalue weighted by atomic mass is 10.2. The molecular formula is C11H15N3O4. The van der Waals surface area contributed by atoms with Crippen LogP contribution in [0.3, 0.4) is 0 Å². The first kappa shape index (κ1) is 11.3. The van der Waals surface area contributed by atoms with Gasteiger partial charge in [0.1, 0.15) is 0 Å². The molecule has 1 saturated heterocycles. The van der Waals surface area contributed by atoms with Crippen molar-refractivity contribution in [1.82, 2.24) is 15.8 Å². The van der Waals surface area contributed by atoms with Crippen LogP contribution in [0.15, 0.2) is 0 Å². The molecule has 0 bridgehead atoms. The Morgan fingerprint density at radius 3 is 2.06 bits per heavy atom. The number of rotatable bonds is 2. The Balaban J connectivity index is 1.43. The molecule has 1 heterocycles. The molecule has 3 atom stereocenters. The smallest absolute Gasteiger partial charge is 0.407 e. The summed E-state index contributed by atoms with van der Waals surface area (Å²) in [6.45, 7) is 0.851. The van der Waals surface area contributed by atoms with E-state index < -0.39 is 6.09 Å². The second kappa shape index (κ2) is 3.86. The van der Waals surface area contributed by atoms with E-state index in [1.807, 2.05) is 0 Å². The lowest BCUT2D eigenvalue weighted by Gasteiger charge is -2.15. The Hall–Kier alpha value is -1.79. The van der Waals surface area contributed by atoms with E-state index in [-0.39, 0.29) is 35.5 Å². The number of carboxylic acid groups (broad SMARTS) is 1. The molecule has 7 heteroatoms. The third-order valence-electron chi connectivity index (χ3n) is 4.02. The predicted octanol–water partition coefficient (Wildman–Crippen LogP) is -0.600. The summed E-state index contributed by atoms with van der Waals surface area (Å²) in [4.78, 5) is 35.1. The molecule has 0 aromatic carbocycles. The van der Waals surface area contributed by atoms with Crippen molar-refractivity contribution in [2.24, 2.45) is 23.7 Å². The highest BCUT2D eigenvalue weighted by Gasteiger charge is 2.60. The Morgan fingerprint density at radius 2 is 1.56 bits per heavy atom. The van der Waals surface area contributed by atoms with E-state index >= 15 is 0 Å². The minimum atomic E-state index is -0.927. The van der Waals surface area contributed by atoms with Gasteiger partial charge in [0.15, 0.2) is 0 Å². The molecule has 18 heavy (non-hydrogen) atoms. The van der Waals surface area contributed by atoms with Crippen molar-refractivity contribution in [3.63, 3.8) is 0 Å². The average Bonchev–Trinajstić information content (AvgIpc) is 3.24. The summed E-state index contributed by atoms with van der Waals surface area (Å²) in [5, 5.41) is 8.79.